The summed E-state index contributed by atoms with van der Waals surface area (Å²) in [7, 11) is 0. The van der Waals surface area contributed by atoms with Gasteiger partial charge in [0, 0.05) is 24.4 Å². The molecule has 162 valence electrons. The van der Waals surface area contributed by atoms with Gasteiger partial charge in [0.2, 0.25) is 0 Å². The van der Waals surface area contributed by atoms with E-state index in [0.29, 0.717) is 29.7 Å². The van der Waals surface area contributed by atoms with E-state index in [0.717, 1.165) is 37.9 Å². The van der Waals surface area contributed by atoms with Gasteiger partial charge in [-0.25, -0.2) is 4.39 Å². The van der Waals surface area contributed by atoms with Gasteiger partial charge in [0.1, 0.15) is 18.2 Å². The minimum Gasteiger partial charge on any atom is -0.489 e. The number of aromatic nitrogens is 1. The van der Waals surface area contributed by atoms with Crippen LogP contribution in [-0.4, -0.2) is 24.3 Å². The first-order chi connectivity index (χ1) is 14.6. The Morgan fingerprint density at radius 1 is 1.17 bits per heavy atom. The third-order valence-corrected chi connectivity index (χ3v) is 4.81. The Hall–Kier alpha value is -2.46. The molecule has 1 atom stereocenters. The van der Waals surface area contributed by atoms with Crippen molar-refractivity contribution in [1.29, 1.82) is 0 Å². The fourth-order valence-corrected chi connectivity index (χ4v) is 3.07. The molecular weight excluding hydrogens is 377 g/mol. The molecule has 0 saturated carbocycles. The fraction of sp³-hybridized carbons (Fsp3) is 0.423. The van der Waals surface area contributed by atoms with Crippen molar-refractivity contribution in [3.05, 3.63) is 66.6 Å². The van der Waals surface area contributed by atoms with Gasteiger partial charge >= 0.3 is 0 Å². The number of hydrogen-bond donors (Lipinski definition) is 0. The lowest BCUT2D eigenvalue weighted by atomic mass is 10.1. The van der Waals surface area contributed by atoms with Gasteiger partial charge < -0.3 is 9.47 Å². The van der Waals surface area contributed by atoms with Crippen LogP contribution in [0.3, 0.4) is 0 Å². The van der Waals surface area contributed by atoms with Crippen molar-refractivity contribution >= 4 is 6.08 Å². The highest BCUT2D eigenvalue weighted by molar-refractivity contribution is 5.62. The van der Waals surface area contributed by atoms with Gasteiger partial charge in [-0.05, 0) is 56.4 Å². The zero-order valence-electron chi connectivity index (χ0n) is 18.3. The summed E-state index contributed by atoms with van der Waals surface area (Å²) < 4.78 is 25.5. The molecule has 1 heterocycles. The number of allylic oxidation sites excluding steroid dienone is 1. The molecular formula is C26H34FNO2. The minimum atomic E-state index is -0.349. The average Bonchev–Trinajstić information content (AvgIpc) is 2.76. The van der Waals surface area contributed by atoms with Crippen molar-refractivity contribution in [3.8, 4) is 17.0 Å². The first kappa shape index (κ1) is 23.8. The second kappa shape index (κ2) is 13.7. The van der Waals surface area contributed by atoms with Gasteiger partial charge in [-0.2, -0.15) is 0 Å². The van der Waals surface area contributed by atoms with E-state index in [4.69, 9.17) is 9.47 Å². The predicted molar refractivity (Wildman–Crippen MR) is 123 cm³/mol. The van der Waals surface area contributed by atoms with Crippen LogP contribution in [-0.2, 0) is 4.74 Å². The largest absolute Gasteiger partial charge is 0.489 e. The molecule has 0 aliphatic carbocycles. The maximum Gasteiger partial charge on any atom is 0.136 e. The Morgan fingerprint density at radius 2 is 2.03 bits per heavy atom. The summed E-state index contributed by atoms with van der Waals surface area (Å²) in [5, 5.41) is 0. The van der Waals surface area contributed by atoms with E-state index < -0.39 is 0 Å². The van der Waals surface area contributed by atoms with E-state index in [1.807, 2.05) is 12.1 Å². The lowest BCUT2D eigenvalue weighted by molar-refractivity contribution is 0.0566. The van der Waals surface area contributed by atoms with Crippen LogP contribution in [0.2, 0.25) is 0 Å². The lowest BCUT2D eigenvalue weighted by Gasteiger charge is -2.12. The number of hydrogen-bond acceptors (Lipinski definition) is 3. The van der Waals surface area contributed by atoms with Crippen molar-refractivity contribution in [2.75, 3.05) is 13.2 Å². The third kappa shape index (κ3) is 8.50. The molecule has 0 aliphatic heterocycles. The van der Waals surface area contributed by atoms with Crippen LogP contribution in [0.1, 0.15) is 57.9 Å². The number of halogens is 1. The number of nitrogens with zero attached hydrogens (tertiary/aromatic N) is 1. The Balaban J connectivity index is 1.78. The molecule has 0 aliphatic rings. The molecule has 0 saturated heterocycles. The summed E-state index contributed by atoms with van der Waals surface area (Å²) in [6.45, 7) is 9.16. The normalized spacial score (nSPS) is 12.2. The molecule has 0 bridgehead atoms. The van der Waals surface area contributed by atoms with E-state index in [9.17, 15) is 4.39 Å². The third-order valence-electron chi connectivity index (χ3n) is 4.81. The molecule has 1 aromatic carbocycles. The molecule has 4 heteroatoms. The SMILES string of the molecule is C=CCOc1ccc(-c2ccc(C=CCCCC(C)OCCCCC)cn2)c(F)c1. The van der Waals surface area contributed by atoms with Crippen molar-refractivity contribution in [3.63, 3.8) is 0 Å². The number of unbranched alkanes of at least 4 members (excludes halogenated alkanes) is 3. The van der Waals surface area contributed by atoms with Gasteiger partial charge in [-0.3, -0.25) is 4.98 Å². The Kier molecular flexibility index (Phi) is 10.9. The van der Waals surface area contributed by atoms with Gasteiger partial charge in [0.25, 0.3) is 0 Å². The van der Waals surface area contributed by atoms with Crippen molar-refractivity contribution in [1.82, 2.24) is 4.98 Å². The Labute approximate surface area is 180 Å². The predicted octanol–water partition coefficient (Wildman–Crippen LogP) is 7.23. The number of benzene rings is 1. The molecule has 1 unspecified atom stereocenters. The molecule has 0 N–H and O–H groups in total. The van der Waals surface area contributed by atoms with Crippen LogP contribution in [0.25, 0.3) is 17.3 Å². The Morgan fingerprint density at radius 3 is 2.73 bits per heavy atom. The van der Waals surface area contributed by atoms with E-state index in [2.05, 4.69) is 37.6 Å². The first-order valence-corrected chi connectivity index (χ1v) is 10.9. The second-order valence-electron chi connectivity index (χ2n) is 7.44. The maximum absolute atomic E-state index is 14.4. The lowest BCUT2D eigenvalue weighted by Crippen LogP contribution is -2.08. The summed E-state index contributed by atoms with van der Waals surface area (Å²) in [5.41, 5.74) is 2.08. The van der Waals surface area contributed by atoms with Crippen molar-refractivity contribution in [2.24, 2.45) is 0 Å². The van der Waals surface area contributed by atoms with Crippen LogP contribution < -0.4 is 4.74 Å². The highest BCUT2D eigenvalue weighted by atomic mass is 19.1. The van der Waals surface area contributed by atoms with Gasteiger partial charge in [0.15, 0.2) is 0 Å². The number of rotatable bonds is 14. The number of pyridine rings is 1. The molecule has 3 nitrogen and oxygen atoms in total. The monoisotopic (exact) mass is 411 g/mol. The van der Waals surface area contributed by atoms with Crippen LogP contribution in [0.4, 0.5) is 4.39 Å². The second-order valence-corrected chi connectivity index (χ2v) is 7.44. The van der Waals surface area contributed by atoms with Gasteiger partial charge in [-0.15, -0.1) is 0 Å². The molecule has 1 aromatic heterocycles. The standard InChI is InChI=1S/C26H34FNO2/c1-4-6-10-18-29-21(3)11-8-7-9-12-22-13-16-26(28-20-22)24-15-14-23(19-25(24)27)30-17-5-2/h5,9,12-16,19-21H,2,4,6-8,10-11,17-18H2,1,3H3. The molecule has 0 fully saturated rings. The molecule has 2 aromatic rings. The van der Waals surface area contributed by atoms with Crippen LogP contribution in [0.5, 0.6) is 5.75 Å². The van der Waals surface area contributed by atoms with Crippen LogP contribution in [0, 0.1) is 5.82 Å². The number of ether oxygens (including phenoxy) is 2. The van der Waals surface area contributed by atoms with Gasteiger partial charge in [0.05, 0.1) is 11.8 Å². The smallest absolute Gasteiger partial charge is 0.136 e. The quantitative estimate of drug-likeness (QED) is 0.243. The summed E-state index contributed by atoms with van der Waals surface area (Å²) >= 11 is 0. The first-order valence-electron chi connectivity index (χ1n) is 10.9. The highest BCUT2D eigenvalue weighted by Gasteiger charge is 2.08. The summed E-state index contributed by atoms with van der Waals surface area (Å²) in [4.78, 5) is 4.41. The molecule has 0 spiro atoms. The molecule has 2 rings (SSSR count). The topological polar surface area (TPSA) is 31.4 Å². The van der Waals surface area contributed by atoms with Crippen LogP contribution >= 0.6 is 0 Å². The summed E-state index contributed by atoms with van der Waals surface area (Å²) in [6, 6.07) is 8.61. The highest BCUT2D eigenvalue weighted by Crippen LogP contribution is 2.25. The van der Waals surface area contributed by atoms with Gasteiger partial charge in [-0.1, -0.05) is 50.6 Å². The minimum absolute atomic E-state index is 0.319. The summed E-state index contributed by atoms with van der Waals surface area (Å²) in [6.07, 6.45) is 14.7. The van der Waals surface area contributed by atoms with Crippen molar-refractivity contribution < 1.29 is 13.9 Å². The van der Waals surface area contributed by atoms with E-state index in [-0.39, 0.29) is 5.82 Å². The molecule has 30 heavy (non-hydrogen) atoms. The summed E-state index contributed by atoms with van der Waals surface area (Å²) in [5.74, 6) is 0.134. The van der Waals surface area contributed by atoms with E-state index in [1.165, 1.54) is 18.9 Å². The van der Waals surface area contributed by atoms with E-state index >= 15 is 0 Å². The fourth-order valence-electron chi connectivity index (χ4n) is 3.07. The molecule has 0 amide bonds. The maximum atomic E-state index is 14.4. The molecule has 0 radical (unpaired) electrons. The van der Waals surface area contributed by atoms with Crippen molar-refractivity contribution in [2.45, 2.75) is 58.5 Å². The zero-order valence-corrected chi connectivity index (χ0v) is 18.3. The van der Waals surface area contributed by atoms with E-state index in [1.54, 1.807) is 24.4 Å². The average molecular weight is 412 g/mol. The Bertz CT molecular complexity index is 786. The van der Waals surface area contributed by atoms with Crippen LogP contribution in [0.15, 0.2) is 55.3 Å². The zero-order chi connectivity index (χ0) is 21.6.